The monoisotopic (exact) mass is 358 g/mol. The van der Waals surface area contributed by atoms with Crippen molar-refractivity contribution in [2.45, 2.75) is 43.0 Å². The van der Waals surface area contributed by atoms with Crippen molar-refractivity contribution in [1.82, 2.24) is 20.2 Å². The van der Waals surface area contributed by atoms with Crippen LogP contribution in [0.25, 0.3) is 5.69 Å². The largest absolute Gasteiger partial charge is 0.341 e. The SMILES string of the molecule is CNC(=O)NC(=O)[C@H](C)Sc1nc2c(n1-c1ccccc1)CCCC2. The fourth-order valence-corrected chi connectivity index (χ4v) is 3.89. The zero-order valence-electron chi connectivity index (χ0n) is 14.4. The van der Waals surface area contributed by atoms with Gasteiger partial charge in [0.05, 0.1) is 10.9 Å². The number of rotatable bonds is 4. The van der Waals surface area contributed by atoms with Crippen LogP contribution in [0, 0.1) is 0 Å². The Morgan fingerprint density at radius 1 is 1.20 bits per heavy atom. The van der Waals surface area contributed by atoms with Gasteiger partial charge in [0.25, 0.3) is 0 Å². The van der Waals surface area contributed by atoms with Crippen molar-refractivity contribution in [2.75, 3.05) is 7.05 Å². The Labute approximate surface area is 151 Å². The number of carbonyl (C=O) groups excluding carboxylic acids is 2. The Balaban J connectivity index is 1.89. The van der Waals surface area contributed by atoms with Gasteiger partial charge in [-0.1, -0.05) is 30.0 Å². The van der Waals surface area contributed by atoms with Crippen molar-refractivity contribution in [3.63, 3.8) is 0 Å². The molecule has 0 aliphatic heterocycles. The van der Waals surface area contributed by atoms with Gasteiger partial charge in [-0.3, -0.25) is 14.7 Å². The Bertz CT molecular complexity index is 773. The third-order valence-electron chi connectivity index (χ3n) is 4.23. The summed E-state index contributed by atoms with van der Waals surface area (Å²) in [6.45, 7) is 1.78. The molecule has 2 N–H and O–H groups in total. The number of thioether (sulfide) groups is 1. The maximum Gasteiger partial charge on any atom is 0.321 e. The average Bonchev–Trinajstić information content (AvgIpc) is 2.99. The van der Waals surface area contributed by atoms with Crippen LogP contribution in [0.2, 0.25) is 0 Å². The van der Waals surface area contributed by atoms with Crippen molar-refractivity contribution in [3.05, 3.63) is 41.7 Å². The number of imidazole rings is 1. The molecule has 1 aromatic carbocycles. The second-order valence-electron chi connectivity index (χ2n) is 5.99. The van der Waals surface area contributed by atoms with Crippen LogP contribution in [0.1, 0.15) is 31.2 Å². The lowest BCUT2D eigenvalue weighted by molar-refractivity contribution is -0.119. The van der Waals surface area contributed by atoms with Gasteiger partial charge in [0.2, 0.25) is 5.91 Å². The molecule has 0 saturated heterocycles. The summed E-state index contributed by atoms with van der Waals surface area (Å²) in [6.07, 6.45) is 4.27. The molecule has 25 heavy (non-hydrogen) atoms. The summed E-state index contributed by atoms with van der Waals surface area (Å²) >= 11 is 1.38. The topological polar surface area (TPSA) is 76.0 Å². The third kappa shape index (κ3) is 3.87. The first-order valence-electron chi connectivity index (χ1n) is 8.45. The zero-order valence-corrected chi connectivity index (χ0v) is 15.2. The summed E-state index contributed by atoms with van der Waals surface area (Å²) < 4.78 is 2.16. The first-order chi connectivity index (χ1) is 12.1. The third-order valence-corrected chi connectivity index (χ3v) is 5.28. The molecule has 132 valence electrons. The summed E-state index contributed by atoms with van der Waals surface area (Å²) in [5.41, 5.74) is 3.41. The van der Waals surface area contributed by atoms with Crippen LogP contribution in [0.5, 0.6) is 0 Å². The molecule has 0 bridgehead atoms. The molecule has 1 aromatic heterocycles. The maximum atomic E-state index is 12.2. The van der Waals surface area contributed by atoms with Gasteiger partial charge in [-0.25, -0.2) is 9.78 Å². The van der Waals surface area contributed by atoms with Gasteiger partial charge in [0, 0.05) is 18.4 Å². The van der Waals surface area contributed by atoms with Crippen LogP contribution in [-0.2, 0) is 17.6 Å². The van der Waals surface area contributed by atoms with Gasteiger partial charge < -0.3 is 5.32 Å². The number of aromatic nitrogens is 2. The van der Waals surface area contributed by atoms with Crippen LogP contribution in [-0.4, -0.2) is 33.8 Å². The number of nitrogens with zero attached hydrogens (tertiary/aromatic N) is 2. The number of hydrogen-bond donors (Lipinski definition) is 2. The highest BCUT2D eigenvalue weighted by Gasteiger charge is 2.25. The molecule has 1 atom stereocenters. The highest BCUT2D eigenvalue weighted by molar-refractivity contribution is 8.00. The van der Waals surface area contributed by atoms with E-state index < -0.39 is 11.3 Å². The molecular weight excluding hydrogens is 336 g/mol. The van der Waals surface area contributed by atoms with Crippen molar-refractivity contribution in [1.29, 1.82) is 0 Å². The molecule has 6 nitrogen and oxygen atoms in total. The lowest BCUT2D eigenvalue weighted by Crippen LogP contribution is -2.41. The van der Waals surface area contributed by atoms with Crippen LogP contribution >= 0.6 is 11.8 Å². The molecule has 2 aromatic rings. The molecule has 1 heterocycles. The molecule has 0 radical (unpaired) electrons. The number of imide groups is 1. The van der Waals surface area contributed by atoms with Crippen molar-refractivity contribution < 1.29 is 9.59 Å². The normalized spacial score (nSPS) is 14.5. The van der Waals surface area contributed by atoms with Crippen molar-refractivity contribution >= 4 is 23.7 Å². The smallest absolute Gasteiger partial charge is 0.321 e. The average molecular weight is 358 g/mol. The summed E-state index contributed by atoms with van der Waals surface area (Å²) in [7, 11) is 1.48. The van der Waals surface area contributed by atoms with Gasteiger partial charge in [-0.15, -0.1) is 0 Å². The first kappa shape index (κ1) is 17.5. The maximum absolute atomic E-state index is 12.2. The molecule has 0 spiro atoms. The number of fused-ring (bicyclic) bond motifs is 1. The minimum Gasteiger partial charge on any atom is -0.341 e. The van der Waals surface area contributed by atoms with E-state index >= 15 is 0 Å². The quantitative estimate of drug-likeness (QED) is 0.824. The number of aryl methyl sites for hydroxylation is 1. The van der Waals surface area contributed by atoms with E-state index in [1.54, 1.807) is 6.92 Å². The number of nitrogens with one attached hydrogen (secondary N) is 2. The second-order valence-corrected chi connectivity index (χ2v) is 7.30. The lowest BCUT2D eigenvalue weighted by atomic mass is 10.0. The van der Waals surface area contributed by atoms with Crippen LogP contribution < -0.4 is 10.6 Å². The molecule has 3 amide bonds. The molecule has 0 unspecified atom stereocenters. The summed E-state index contributed by atoms with van der Waals surface area (Å²) in [6, 6.07) is 9.59. The molecule has 3 rings (SSSR count). The van der Waals surface area contributed by atoms with E-state index in [2.05, 4.69) is 27.3 Å². The second kappa shape index (κ2) is 7.74. The number of hydrogen-bond acceptors (Lipinski definition) is 4. The van der Waals surface area contributed by atoms with E-state index in [-0.39, 0.29) is 5.91 Å². The highest BCUT2D eigenvalue weighted by Crippen LogP contribution is 2.32. The van der Waals surface area contributed by atoms with E-state index in [0.717, 1.165) is 42.2 Å². The van der Waals surface area contributed by atoms with E-state index in [0.29, 0.717) is 0 Å². The number of carbonyl (C=O) groups is 2. The van der Waals surface area contributed by atoms with E-state index in [9.17, 15) is 9.59 Å². The number of benzene rings is 1. The van der Waals surface area contributed by atoms with Gasteiger partial charge in [-0.2, -0.15) is 0 Å². The van der Waals surface area contributed by atoms with Crippen LogP contribution in [0.3, 0.4) is 0 Å². The molecular formula is C18H22N4O2S. The fourth-order valence-electron chi connectivity index (χ4n) is 2.93. The fraction of sp³-hybridized carbons (Fsp3) is 0.389. The summed E-state index contributed by atoms with van der Waals surface area (Å²) in [5, 5.41) is 5.09. The number of urea groups is 1. The van der Waals surface area contributed by atoms with E-state index in [1.165, 1.54) is 24.5 Å². The number of amides is 3. The minimum atomic E-state index is -0.497. The summed E-state index contributed by atoms with van der Waals surface area (Å²) in [5.74, 6) is -0.329. The number of para-hydroxylation sites is 1. The molecule has 0 fully saturated rings. The predicted octanol–water partition coefficient (Wildman–Crippen LogP) is 2.69. The van der Waals surface area contributed by atoms with Gasteiger partial charge in [0.1, 0.15) is 0 Å². The standard InChI is InChI=1S/C18H22N4O2S/c1-12(16(23)21-17(24)19-2)25-18-20-14-10-6-7-11-15(14)22(18)13-8-4-3-5-9-13/h3-5,8-9,12H,6-7,10-11H2,1-2H3,(H2,19,21,23,24)/t12-/m0/s1. The molecule has 1 aliphatic carbocycles. The zero-order chi connectivity index (χ0) is 17.8. The van der Waals surface area contributed by atoms with Gasteiger partial charge >= 0.3 is 6.03 Å². The van der Waals surface area contributed by atoms with Crippen molar-refractivity contribution in [3.8, 4) is 5.69 Å². The predicted molar refractivity (Wildman–Crippen MR) is 98.1 cm³/mol. The first-order valence-corrected chi connectivity index (χ1v) is 9.33. The Hall–Kier alpha value is -2.28. The van der Waals surface area contributed by atoms with Crippen LogP contribution in [0.15, 0.2) is 35.5 Å². The van der Waals surface area contributed by atoms with Gasteiger partial charge in [0.15, 0.2) is 5.16 Å². The molecule has 1 aliphatic rings. The lowest BCUT2D eigenvalue weighted by Gasteiger charge is -2.16. The molecule has 0 saturated carbocycles. The Morgan fingerprint density at radius 2 is 1.92 bits per heavy atom. The van der Waals surface area contributed by atoms with E-state index in [4.69, 9.17) is 4.98 Å². The van der Waals surface area contributed by atoms with Crippen LogP contribution in [0.4, 0.5) is 4.79 Å². The highest BCUT2D eigenvalue weighted by atomic mass is 32.2. The van der Waals surface area contributed by atoms with Crippen molar-refractivity contribution in [2.24, 2.45) is 0 Å². The Kier molecular flexibility index (Phi) is 5.43. The minimum absolute atomic E-state index is 0.329. The van der Waals surface area contributed by atoms with Gasteiger partial charge in [-0.05, 0) is 44.7 Å². The Morgan fingerprint density at radius 3 is 2.64 bits per heavy atom. The van der Waals surface area contributed by atoms with E-state index in [1.807, 2.05) is 18.2 Å². The summed E-state index contributed by atoms with van der Waals surface area (Å²) in [4.78, 5) is 28.3. The molecule has 7 heteroatoms.